The van der Waals surface area contributed by atoms with Crippen molar-refractivity contribution < 1.29 is 14.7 Å². The highest BCUT2D eigenvalue weighted by Gasteiger charge is 2.23. The van der Waals surface area contributed by atoms with Gasteiger partial charge in [0.05, 0.1) is 11.0 Å². The van der Waals surface area contributed by atoms with Crippen LogP contribution in [0.5, 0.6) is 0 Å². The molecule has 7 heteroatoms. The van der Waals surface area contributed by atoms with E-state index >= 15 is 0 Å². The van der Waals surface area contributed by atoms with E-state index in [0.717, 1.165) is 36.1 Å². The van der Waals surface area contributed by atoms with Crippen molar-refractivity contribution in [2.24, 2.45) is 5.92 Å². The van der Waals surface area contributed by atoms with Crippen molar-refractivity contribution in [1.82, 2.24) is 14.9 Å². The highest BCUT2D eigenvalue weighted by atomic mass is 32.1. The summed E-state index contributed by atoms with van der Waals surface area (Å²) in [5, 5.41) is 12.1. The van der Waals surface area contributed by atoms with Crippen LogP contribution in [0, 0.1) is 12.8 Å². The third-order valence-corrected chi connectivity index (χ3v) is 6.77. The first-order valence-electron chi connectivity index (χ1n) is 11.3. The van der Waals surface area contributed by atoms with E-state index in [1.807, 2.05) is 19.9 Å². The number of imidazole rings is 1. The maximum atomic E-state index is 12.8. The molecule has 0 spiro atoms. The Morgan fingerprint density at radius 1 is 1.16 bits per heavy atom. The number of carboxylic acid groups (broad SMARTS) is 1. The van der Waals surface area contributed by atoms with Crippen molar-refractivity contribution in [2.45, 2.75) is 72.4 Å². The maximum absolute atomic E-state index is 12.8. The topological polar surface area (TPSA) is 84.2 Å². The lowest BCUT2D eigenvalue weighted by atomic mass is 10.0. The average Bonchev–Trinajstić information content (AvgIpc) is 3.31. The van der Waals surface area contributed by atoms with Gasteiger partial charge in [0, 0.05) is 27.8 Å². The molecule has 0 saturated heterocycles. The third kappa shape index (κ3) is 5.38. The molecule has 2 heterocycles. The van der Waals surface area contributed by atoms with E-state index in [1.165, 1.54) is 9.75 Å². The molecule has 1 amide bonds. The van der Waals surface area contributed by atoms with Gasteiger partial charge in [-0.3, -0.25) is 4.79 Å². The number of amides is 1. The van der Waals surface area contributed by atoms with Crippen molar-refractivity contribution >= 4 is 34.2 Å². The predicted octanol–water partition coefficient (Wildman–Crippen LogP) is 5.59. The number of benzene rings is 1. The molecule has 0 aliphatic rings. The standard InChI is InChI=1S/C25H33N3O3S/c1-6-18(7-2)28-22-11-9-17(24(29)27-21(25(30)31)12-15(3)4)13-20(22)26-23(28)14-19-10-8-16(5)32-19/h8-11,13,15,18,21H,6-7,12,14H2,1-5H3,(H,27,29)(H,30,31)/t21-/m0/s1. The van der Waals surface area contributed by atoms with Gasteiger partial charge in [0.15, 0.2) is 0 Å². The van der Waals surface area contributed by atoms with Crippen LogP contribution in [0.1, 0.15) is 78.9 Å². The third-order valence-electron chi connectivity index (χ3n) is 5.77. The maximum Gasteiger partial charge on any atom is 0.326 e. The fraction of sp³-hybridized carbons (Fsp3) is 0.480. The normalized spacial score (nSPS) is 12.6. The summed E-state index contributed by atoms with van der Waals surface area (Å²) in [6, 6.07) is 9.19. The molecule has 0 unspecified atom stereocenters. The zero-order valence-corrected chi connectivity index (χ0v) is 20.3. The number of rotatable bonds is 10. The predicted molar refractivity (Wildman–Crippen MR) is 130 cm³/mol. The Morgan fingerprint density at radius 2 is 1.88 bits per heavy atom. The van der Waals surface area contributed by atoms with Crippen LogP contribution in [0.25, 0.3) is 11.0 Å². The van der Waals surface area contributed by atoms with Gasteiger partial charge in [-0.1, -0.05) is 27.7 Å². The second-order valence-corrected chi connectivity index (χ2v) is 10.1. The lowest BCUT2D eigenvalue weighted by Crippen LogP contribution is -2.41. The summed E-state index contributed by atoms with van der Waals surface area (Å²) >= 11 is 1.78. The smallest absolute Gasteiger partial charge is 0.326 e. The van der Waals surface area contributed by atoms with Gasteiger partial charge >= 0.3 is 5.97 Å². The zero-order chi connectivity index (χ0) is 23.4. The van der Waals surface area contributed by atoms with Crippen molar-refractivity contribution in [3.8, 4) is 0 Å². The van der Waals surface area contributed by atoms with E-state index in [4.69, 9.17) is 4.98 Å². The summed E-state index contributed by atoms with van der Waals surface area (Å²) in [5.41, 5.74) is 2.21. The molecule has 3 aromatic rings. The van der Waals surface area contributed by atoms with Crippen LogP contribution in [0.15, 0.2) is 30.3 Å². The Balaban J connectivity index is 1.96. The number of hydrogen-bond acceptors (Lipinski definition) is 4. The fourth-order valence-corrected chi connectivity index (χ4v) is 5.03. The molecule has 0 aliphatic carbocycles. The minimum atomic E-state index is -1.01. The second-order valence-electron chi connectivity index (χ2n) is 8.75. The van der Waals surface area contributed by atoms with E-state index < -0.39 is 12.0 Å². The largest absolute Gasteiger partial charge is 0.480 e. The van der Waals surface area contributed by atoms with Gasteiger partial charge in [0.25, 0.3) is 5.91 Å². The molecule has 6 nitrogen and oxygen atoms in total. The van der Waals surface area contributed by atoms with E-state index in [2.05, 4.69) is 42.8 Å². The first kappa shape index (κ1) is 24.0. The fourth-order valence-electron chi connectivity index (χ4n) is 4.15. The molecule has 0 radical (unpaired) electrons. The summed E-state index contributed by atoms with van der Waals surface area (Å²) in [6.45, 7) is 10.3. The van der Waals surface area contributed by atoms with Gasteiger partial charge in [-0.05, 0) is 62.4 Å². The molecular formula is C25H33N3O3S. The van der Waals surface area contributed by atoms with E-state index in [-0.39, 0.29) is 11.8 Å². The number of hydrogen-bond donors (Lipinski definition) is 2. The Kier molecular flexibility index (Phi) is 7.72. The number of nitrogens with one attached hydrogen (secondary N) is 1. The second kappa shape index (κ2) is 10.3. The molecule has 1 aromatic carbocycles. The summed E-state index contributed by atoms with van der Waals surface area (Å²) in [7, 11) is 0. The quantitative estimate of drug-likeness (QED) is 0.417. The number of aliphatic carboxylic acids is 1. The molecule has 0 fully saturated rings. The molecule has 0 saturated carbocycles. The SMILES string of the molecule is CCC(CC)n1c(Cc2ccc(C)s2)nc2cc(C(=O)N[C@@H](CC(C)C)C(=O)O)ccc21. The summed E-state index contributed by atoms with van der Waals surface area (Å²) in [4.78, 5) is 31.8. The van der Waals surface area contributed by atoms with Crippen LogP contribution >= 0.6 is 11.3 Å². The number of nitrogens with zero attached hydrogens (tertiary/aromatic N) is 2. The first-order valence-corrected chi connectivity index (χ1v) is 12.1. The lowest BCUT2D eigenvalue weighted by Gasteiger charge is -2.19. The van der Waals surface area contributed by atoms with Gasteiger partial charge < -0.3 is 15.0 Å². The Morgan fingerprint density at radius 3 is 2.44 bits per heavy atom. The van der Waals surface area contributed by atoms with Gasteiger partial charge in [-0.15, -0.1) is 11.3 Å². The Hall–Kier alpha value is -2.67. The summed E-state index contributed by atoms with van der Waals surface area (Å²) in [6.07, 6.45) is 3.13. The minimum Gasteiger partial charge on any atom is -0.480 e. The van der Waals surface area contributed by atoms with E-state index in [0.29, 0.717) is 18.0 Å². The van der Waals surface area contributed by atoms with Crippen LogP contribution in [-0.2, 0) is 11.2 Å². The number of carbonyl (C=O) groups is 2. The lowest BCUT2D eigenvalue weighted by molar-refractivity contribution is -0.139. The molecule has 1 atom stereocenters. The molecule has 2 N–H and O–H groups in total. The number of thiophene rings is 1. The minimum absolute atomic E-state index is 0.165. The highest BCUT2D eigenvalue weighted by molar-refractivity contribution is 7.11. The van der Waals surface area contributed by atoms with Crippen molar-refractivity contribution in [2.75, 3.05) is 0 Å². The van der Waals surface area contributed by atoms with Crippen molar-refractivity contribution in [3.05, 3.63) is 51.5 Å². The number of fused-ring (bicyclic) bond motifs is 1. The number of aryl methyl sites for hydroxylation is 1. The molecule has 0 bridgehead atoms. The van der Waals surface area contributed by atoms with Crippen LogP contribution in [0.2, 0.25) is 0 Å². The first-order chi connectivity index (χ1) is 15.2. The number of aromatic nitrogens is 2. The molecular weight excluding hydrogens is 422 g/mol. The highest BCUT2D eigenvalue weighted by Crippen LogP contribution is 2.29. The zero-order valence-electron chi connectivity index (χ0n) is 19.5. The van der Waals surface area contributed by atoms with Gasteiger partial charge in [0.2, 0.25) is 0 Å². The average molecular weight is 456 g/mol. The van der Waals surface area contributed by atoms with Gasteiger partial charge in [-0.25, -0.2) is 9.78 Å². The van der Waals surface area contributed by atoms with Crippen molar-refractivity contribution in [1.29, 1.82) is 0 Å². The molecule has 2 aromatic heterocycles. The summed E-state index contributed by atoms with van der Waals surface area (Å²) < 4.78 is 2.31. The Labute approximate surface area is 193 Å². The van der Waals surface area contributed by atoms with Crippen LogP contribution in [0.4, 0.5) is 0 Å². The molecule has 172 valence electrons. The van der Waals surface area contributed by atoms with Gasteiger partial charge in [-0.2, -0.15) is 0 Å². The Bertz CT molecular complexity index is 1100. The van der Waals surface area contributed by atoms with Crippen LogP contribution in [-0.4, -0.2) is 32.6 Å². The molecule has 3 rings (SSSR count). The summed E-state index contributed by atoms with van der Waals surface area (Å²) in [5.74, 6) is -0.235. The molecule has 0 aliphatic heterocycles. The monoisotopic (exact) mass is 455 g/mol. The van der Waals surface area contributed by atoms with E-state index in [9.17, 15) is 14.7 Å². The number of carbonyl (C=O) groups excluding carboxylic acids is 1. The number of carboxylic acids is 1. The van der Waals surface area contributed by atoms with Crippen LogP contribution < -0.4 is 5.32 Å². The van der Waals surface area contributed by atoms with E-state index in [1.54, 1.807) is 23.5 Å². The van der Waals surface area contributed by atoms with Crippen LogP contribution in [0.3, 0.4) is 0 Å². The van der Waals surface area contributed by atoms with Crippen molar-refractivity contribution in [3.63, 3.8) is 0 Å². The molecule has 32 heavy (non-hydrogen) atoms. The van der Waals surface area contributed by atoms with Gasteiger partial charge in [0.1, 0.15) is 11.9 Å².